The minimum atomic E-state index is 0.364. The van der Waals surface area contributed by atoms with Gasteiger partial charge in [0, 0.05) is 22.9 Å². The third-order valence-corrected chi connectivity index (χ3v) is 5.67. The molecule has 0 amide bonds. The van der Waals surface area contributed by atoms with Gasteiger partial charge in [0.1, 0.15) is 11.9 Å². The number of rotatable bonds is 4. The molecule has 1 N–H and O–H groups in total. The average Bonchev–Trinajstić information content (AvgIpc) is 2.92. The van der Waals surface area contributed by atoms with E-state index in [9.17, 15) is 0 Å². The summed E-state index contributed by atoms with van der Waals surface area (Å²) in [4.78, 5) is 0. The zero-order valence-corrected chi connectivity index (χ0v) is 14.1. The van der Waals surface area contributed by atoms with Crippen molar-refractivity contribution in [3.8, 4) is 5.75 Å². The third kappa shape index (κ3) is 2.57. The van der Waals surface area contributed by atoms with E-state index in [2.05, 4.69) is 26.1 Å². The van der Waals surface area contributed by atoms with Crippen molar-refractivity contribution >= 4 is 11.6 Å². The molecule has 3 rings (SSSR count). The highest BCUT2D eigenvalue weighted by Gasteiger charge is 2.57. The first-order chi connectivity index (χ1) is 10.1. The van der Waals surface area contributed by atoms with Gasteiger partial charge >= 0.3 is 0 Å². The van der Waals surface area contributed by atoms with E-state index in [0.29, 0.717) is 17.6 Å². The second-order valence-electron chi connectivity index (χ2n) is 6.76. The fourth-order valence-corrected chi connectivity index (χ4v) is 4.70. The fraction of sp³-hybridized carbons (Fsp3) is 0.667. The summed E-state index contributed by atoms with van der Waals surface area (Å²) in [5, 5.41) is 4.47. The Morgan fingerprint density at radius 3 is 2.43 bits per heavy atom. The molecule has 0 bridgehead atoms. The van der Waals surface area contributed by atoms with Crippen LogP contribution in [0.15, 0.2) is 12.1 Å². The van der Waals surface area contributed by atoms with Crippen molar-refractivity contribution in [2.24, 2.45) is 5.41 Å². The Morgan fingerprint density at radius 2 is 1.86 bits per heavy atom. The Labute approximate surface area is 133 Å². The summed E-state index contributed by atoms with van der Waals surface area (Å²) in [6, 6.07) is 4.65. The van der Waals surface area contributed by atoms with Gasteiger partial charge in [0.2, 0.25) is 0 Å². The SMILES string of the molecule is CCNC1CC(Oc2c(C)cc(Cl)cc2C)C12CCCC2. The first-order valence-electron chi connectivity index (χ1n) is 8.23. The standard InChI is InChI=1S/C18H26ClNO/c1-4-20-15-11-16(18(15)7-5-6-8-18)21-17-12(2)9-14(19)10-13(17)3/h9-10,15-16,20H,4-8,11H2,1-3H3. The summed E-state index contributed by atoms with van der Waals surface area (Å²) in [6.45, 7) is 7.44. The molecular formula is C18H26ClNO. The molecule has 1 aromatic carbocycles. The van der Waals surface area contributed by atoms with Gasteiger partial charge in [-0.15, -0.1) is 0 Å². The van der Waals surface area contributed by atoms with Crippen LogP contribution in [0.2, 0.25) is 5.02 Å². The molecule has 2 fully saturated rings. The first kappa shape index (κ1) is 15.2. The normalized spacial score (nSPS) is 26.9. The molecule has 116 valence electrons. The van der Waals surface area contributed by atoms with Crippen LogP contribution in [0.5, 0.6) is 5.75 Å². The highest BCUT2D eigenvalue weighted by Crippen LogP contribution is 2.55. The Bertz CT molecular complexity index is 499. The topological polar surface area (TPSA) is 21.3 Å². The van der Waals surface area contributed by atoms with Crippen molar-refractivity contribution in [3.63, 3.8) is 0 Å². The smallest absolute Gasteiger partial charge is 0.125 e. The van der Waals surface area contributed by atoms with Gasteiger partial charge in [0.25, 0.3) is 0 Å². The largest absolute Gasteiger partial charge is 0.489 e. The fourth-order valence-electron chi connectivity index (χ4n) is 4.38. The minimum Gasteiger partial charge on any atom is -0.489 e. The van der Waals surface area contributed by atoms with Crippen molar-refractivity contribution in [2.45, 2.75) is 65.0 Å². The highest BCUT2D eigenvalue weighted by atomic mass is 35.5. The van der Waals surface area contributed by atoms with E-state index >= 15 is 0 Å². The molecule has 1 aromatic rings. The summed E-state index contributed by atoms with van der Waals surface area (Å²) < 4.78 is 6.48. The number of ether oxygens (including phenoxy) is 1. The van der Waals surface area contributed by atoms with Crippen molar-refractivity contribution in [3.05, 3.63) is 28.3 Å². The van der Waals surface area contributed by atoms with Crippen LogP contribution >= 0.6 is 11.6 Å². The summed E-state index contributed by atoms with van der Waals surface area (Å²) in [5.74, 6) is 1.05. The number of nitrogens with one attached hydrogen (secondary N) is 1. The molecule has 0 aliphatic heterocycles. The molecule has 0 saturated heterocycles. The van der Waals surface area contributed by atoms with Gasteiger partial charge in [0.05, 0.1) is 0 Å². The maximum Gasteiger partial charge on any atom is 0.125 e. The van der Waals surface area contributed by atoms with Crippen LogP contribution in [0.3, 0.4) is 0 Å². The molecular weight excluding hydrogens is 282 g/mol. The second-order valence-corrected chi connectivity index (χ2v) is 7.20. The van der Waals surface area contributed by atoms with E-state index in [-0.39, 0.29) is 0 Å². The van der Waals surface area contributed by atoms with Crippen molar-refractivity contribution in [1.29, 1.82) is 0 Å². The maximum absolute atomic E-state index is 6.48. The van der Waals surface area contributed by atoms with Gasteiger partial charge in [-0.2, -0.15) is 0 Å². The van der Waals surface area contributed by atoms with Crippen molar-refractivity contribution in [1.82, 2.24) is 5.32 Å². The summed E-state index contributed by atoms with van der Waals surface area (Å²) >= 11 is 6.13. The quantitative estimate of drug-likeness (QED) is 0.874. The second kappa shape index (κ2) is 5.81. The van der Waals surface area contributed by atoms with Crippen LogP contribution in [-0.4, -0.2) is 18.7 Å². The lowest BCUT2D eigenvalue weighted by molar-refractivity contribution is -0.0761. The van der Waals surface area contributed by atoms with Gasteiger partial charge in [0.15, 0.2) is 0 Å². The molecule has 2 aliphatic rings. The van der Waals surface area contributed by atoms with Crippen LogP contribution < -0.4 is 10.1 Å². The van der Waals surface area contributed by atoms with E-state index in [1.165, 1.54) is 25.7 Å². The summed E-state index contributed by atoms with van der Waals surface area (Å²) in [7, 11) is 0. The lowest BCUT2D eigenvalue weighted by Gasteiger charge is -2.54. The Morgan fingerprint density at radius 1 is 1.24 bits per heavy atom. The predicted octanol–water partition coefficient (Wildman–Crippen LogP) is 4.65. The van der Waals surface area contributed by atoms with E-state index in [4.69, 9.17) is 16.3 Å². The van der Waals surface area contributed by atoms with Gasteiger partial charge in [-0.25, -0.2) is 0 Å². The van der Waals surface area contributed by atoms with Crippen LogP contribution in [0.1, 0.15) is 50.2 Å². The van der Waals surface area contributed by atoms with Crippen LogP contribution in [0.25, 0.3) is 0 Å². The predicted molar refractivity (Wildman–Crippen MR) is 88.3 cm³/mol. The van der Waals surface area contributed by atoms with Gasteiger partial charge in [-0.05, 0) is 56.5 Å². The number of benzene rings is 1. The Hall–Kier alpha value is -0.730. The van der Waals surface area contributed by atoms with Gasteiger partial charge in [-0.1, -0.05) is 31.4 Å². The monoisotopic (exact) mass is 307 g/mol. The highest BCUT2D eigenvalue weighted by molar-refractivity contribution is 6.30. The van der Waals surface area contributed by atoms with E-state index in [1.807, 2.05) is 12.1 Å². The lowest BCUT2D eigenvalue weighted by Crippen LogP contribution is -2.63. The zero-order chi connectivity index (χ0) is 15.0. The van der Waals surface area contributed by atoms with Crippen LogP contribution in [0, 0.1) is 19.3 Å². The molecule has 0 aromatic heterocycles. The minimum absolute atomic E-state index is 0.364. The lowest BCUT2D eigenvalue weighted by atomic mass is 9.60. The van der Waals surface area contributed by atoms with Gasteiger partial charge < -0.3 is 10.1 Å². The first-order valence-corrected chi connectivity index (χ1v) is 8.61. The van der Waals surface area contributed by atoms with E-state index in [1.54, 1.807) is 0 Å². The molecule has 2 nitrogen and oxygen atoms in total. The Kier molecular flexibility index (Phi) is 4.20. The van der Waals surface area contributed by atoms with Crippen molar-refractivity contribution < 1.29 is 4.74 Å². The molecule has 2 unspecified atom stereocenters. The molecule has 0 heterocycles. The molecule has 2 saturated carbocycles. The summed E-state index contributed by atoms with van der Waals surface area (Å²) in [6.07, 6.45) is 6.81. The summed E-state index contributed by atoms with van der Waals surface area (Å²) in [5.41, 5.74) is 2.68. The van der Waals surface area contributed by atoms with E-state index < -0.39 is 0 Å². The van der Waals surface area contributed by atoms with E-state index in [0.717, 1.165) is 34.9 Å². The zero-order valence-electron chi connectivity index (χ0n) is 13.3. The van der Waals surface area contributed by atoms with Gasteiger partial charge in [-0.3, -0.25) is 0 Å². The number of hydrogen-bond donors (Lipinski definition) is 1. The average molecular weight is 308 g/mol. The third-order valence-electron chi connectivity index (χ3n) is 5.46. The molecule has 21 heavy (non-hydrogen) atoms. The number of aryl methyl sites for hydroxylation is 2. The molecule has 2 aliphatic carbocycles. The van der Waals surface area contributed by atoms with Crippen LogP contribution in [0.4, 0.5) is 0 Å². The number of halogens is 1. The molecule has 1 spiro atoms. The maximum atomic E-state index is 6.48. The molecule has 0 radical (unpaired) electrons. The van der Waals surface area contributed by atoms with Crippen LogP contribution in [-0.2, 0) is 0 Å². The molecule has 2 atom stereocenters. The van der Waals surface area contributed by atoms with Crippen molar-refractivity contribution in [2.75, 3.05) is 6.54 Å². The Balaban J connectivity index is 1.80. The number of hydrogen-bond acceptors (Lipinski definition) is 2. The molecule has 3 heteroatoms.